The molecule has 2 aromatic rings. The number of hydrogen-bond donors (Lipinski definition) is 1. The fourth-order valence-electron chi connectivity index (χ4n) is 1.85. The molecule has 1 aromatic carbocycles. The van der Waals surface area contributed by atoms with E-state index in [9.17, 15) is 0 Å². The Morgan fingerprint density at radius 2 is 1.88 bits per heavy atom. The summed E-state index contributed by atoms with van der Waals surface area (Å²) < 4.78 is 0. The lowest BCUT2D eigenvalue weighted by molar-refractivity contribution is 0.490. The van der Waals surface area contributed by atoms with Crippen molar-refractivity contribution in [2.75, 3.05) is 0 Å². The molecule has 17 heavy (non-hydrogen) atoms. The minimum absolute atomic E-state index is 0.349. The minimum Gasteiger partial charge on any atom is -0.321 e. The minimum atomic E-state index is -0.349. The third-order valence-electron chi connectivity index (χ3n) is 3.02. The van der Waals surface area contributed by atoms with Crippen LogP contribution in [0.4, 0.5) is 0 Å². The summed E-state index contributed by atoms with van der Waals surface area (Å²) in [5.41, 5.74) is 8.32. The summed E-state index contributed by atoms with van der Waals surface area (Å²) in [6.07, 6.45) is 0.788. The van der Waals surface area contributed by atoms with Crippen LogP contribution in [-0.2, 0) is 12.0 Å². The van der Waals surface area contributed by atoms with Crippen LogP contribution in [0.15, 0.2) is 30.3 Å². The van der Waals surface area contributed by atoms with E-state index in [1.54, 1.807) is 11.3 Å². The normalized spacial score (nSPS) is 14.6. The van der Waals surface area contributed by atoms with Gasteiger partial charge in [0.05, 0.1) is 10.7 Å². The van der Waals surface area contributed by atoms with Gasteiger partial charge in [0.2, 0.25) is 0 Å². The van der Waals surface area contributed by atoms with Gasteiger partial charge in [0, 0.05) is 16.8 Å². The molecule has 0 aliphatic carbocycles. The highest BCUT2D eigenvalue weighted by molar-refractivity contribution is 7.11. The Morgan fingerprint density at radius 3 is 2.41 bits per heavy atom. The van der Waals surface area contributed by atoms with Gasteiger partial charge in [-0.1, -0.05) is 30.3 Å². The van der Waals surface area contributed by atoms with Crippen molar-refractivity contribution in [2.45, 2.75) is 32.7 Å². The fourth-order valence-corrected chi connectivity index (χ4v) is 2.95. The second kappa shape index (κ2) is 4.59. The highest BCUT2D eigenvalue weighted by Crippen LogP contribution is 2.26. The molecule has 0 spiro atoms. The molecule has 3 heteroatoms. The van der Waals surface area contributed by atoms with Crippen LogP contribution in [0.5, 0.6) is 0 Å². The van der Waals surface area contributed by atoms with Gasteiger partial charge in [0.15, 0.2) is 0 Å². The number of nitrogens with zero attached hydrogens (tertiary/aromatic N) is 1. The Hall–Kier alpha value is -1.19. The number of aryl methyl sites for hydroxylation is 2. The number of hydrogen-bond acceptors (Lipinski definition) is 3. The molecule has 2 nitrogen and oxygen atoms in total. The molecule has 0 radical (unpaired) electrons. The van der Waals surface area contributed by atoms with Crippen LogP contribution in [0.25, 0.3) is 0 Å². The van der Waals surface area contributed by atoms with Gasteiger partial charge in [-0.25, -0.2) is 4.98 Å². The van der Waals surface area contributed by atoms with Crippen LogP contribution in [0.2, 0.25) is 0 Å². The second-order valence-electron chi connectivity index (χ2n) is 4.71. The number of thiazole rings is 1. The molecule has 0 aliphatic heterocycles. The molecule has 1 atom stereocenters. The zero-order chi connectivity index (χ0) is 12.5. The molecular formula is C14H18N2S. The highest BCUT2D eigenvalue weighted by atomic mass is 32.1. The molecule has 0 saturated heterocycles. The Kier molecular flexibility index (Phi) is 3.31. The molecule has 2 N–H and O–H groups in total. The quantitative estimate of drug-likeness (QED) is 0.903. The summed E-state index contributed by atoms with van der Waals surface area (Å²) in [4.78, 5) is 5.84. The Balaban J connectivity index is 2.23. The summed E-state index contributed by atoms with van der Waals surface area (Å²) in [5.74, 6) is 0. The van der Waals surface area contributed by atoms with Crippen LogP contribution in [-0.4, -0.2) is 4.98 Å². The number of nitrogens with two attached hydrogens (primary N) is 1. The predicted molar refractivity (Wildman–Crippen MR) is 73.3 cm³/mol. The lowest BCUT2D eigenvalue weighted by Crippen LogP contribution is -2.35. The van der Waals surface area contributed by atoms with E-state index >= 15 is 0 Å². The van der Waals surface area contributed by atoms with Gasteiger partial charge < -0.3 is 5.73 Å². The molecule has 90 valence electrons. The zero-order valence-electron chi connectivity index (χ0n) is 10.5. The molecule has 2 rings (SSSR count). The summed E-state index contributed by atoms with van der Waals surface area (Å²) in [6.45, 7) is 6.22. The first kappa shape index (κ1) is 12.3. The standard InChI is InChI=1S/C14H18N2S/c1-10-11(2)17-13(16-10)9-14(3,15)12-7-5-4-6-8-12/h4-8H,9,15H2,1-3H3. The predicted octanol–water partition coefficient (Wildman–Crippen LogP) is 3.18. The van der Waals surface area contributed by atoms with Crippen LogP contribution >= 0.6 is 11.3 Å². The SMILES string of the molecule is Cc1nc(CC(C)(N)c2ccccc2)sc1C. The van der Waals surface area contributed by atoms with E-state index in [1.807, 2.05) is 25.1 Å². The smallest absolute Gasteiger partial charge is 0.0952 e. The zero-order valence-corrected chi connectivity index (χ0v) is 11.3. The third-order valence-corrected chi connectivity index (χ3v) is 4.10. The summed E-state index contributed by atoms with van der Waals surface area (Å²) >= 11 is 1.74. The van der Waals surface area contributed by atoms with E-state index in [1.165, 1.54) is 4.88 Å². The van der Waals surface area contributed by atoms with Gasteiger partial charge in [-0.15, -0.1) is 11.3 Å². The summed E-state index contributed by atoms with van der Waals surface area (Å²) in [5, 5.41) is 1.12. The Labute approximate surface area is 107 Å². The van der Waals surface area contributed by atoms with Gasteiger partial charge in [-0.2, -0.15) is 0 Å². The van der Waals surface area contributed by atoms with E-state index < -0.39 is 0 Å². The molecule has 0 amide bonds. The largest absolute Gasteiger partial charge is 0.321 e. The van der Waals surface area contributed by atoms with Crippen molar-refractivity contribution in [2.24, 2.45) is 5.73 Å². The van der Waals surface area contributed by atoms with Gasteiger partial charge >= 0.3 is 0 Å². The summed E-state index contributed by atoms with van der Waals surface area (Å²) in [6, 6.07) is 10.2. The van der Waals surface area contributed by atoms with Crippen molar-refractivity contribution in [3.05, 3.63) is 51.5 Å². The first-order valence-electron chi connectivity index (χ1n) is 5.76. The summed E-state index contributed by atoms with van der Waals surface area (Å²) in [7, 11) is 0. The lowest BCUT2D eigenvalue weighted by atomic mass is 9.90. The molecule has 0 bridgehead atoms. The molecule has 0 aliphatic rings. The van der Waals surface area contributed by atoms with Crippen molar-refractivity contribution in [1.29, 1.82) is 0 Å². The highest BCUT2D eigenvalue weighted by Gasteiger charge is 2.23. The molecular weight excluding hydrogens is 228 g/mol. The first-order valence-corrected chi connectivity index (χ1v) is 6.58. The third kappa shape index (κ3) is 2.73. The molecule has 1 heterocycles. The number of aromatic nitrogens is 1. The second-order valence-corrected chi connectivity index (χ2v) is 6.00. The van der Waals surface area contributed by atoms with E-state index in [4.69, 9.17) is 5.73 Å². The lowest BCUT2D eigenvalue weighted by Gasteiger charge is -2.24. The van der Waals surface area contributed by atoms with Crippen LogP contribution in [0, 0.1) is 13.8 Å². The molecule has 0 saturated carbocycles. The maximum Gasteiger partial charge on any atom is 0.0952 e. The van der Waals surface area contributed by atoms with E-state index in [0.29, 0.717) is 0 Å². The van der Waals surface area contributed by atoms with Crippen molar-refractivity contribution >= 4 is 11.3 Å². The first-order chi connectivity index (χ1) is 7.99. The van der Waals surface area contributed by atoms with E-state index in [2.05, 4.69) is 31.0 Å². The number of benzene rings is 1. The van der Waals surface area contributed by atoms with Crippen LogP contribution in [0.3, 0.4) is 0 Å². The maximum atomic E-state index is 6.40. The average Bonchev–Trinajstić information content (AvgIpc) is 2.58. The maximum absolute atomic E-state index is 6.40. The van der Waals surface area contributed by atoms with Crippen LogP contribution < -0.4 is 5.73 Å². The van der Waals surface area contributed by atoms with Gasteiger partial charge in [0.1, 0.15) is 0 Å². The Morgan fingerprint density at radius 1 is 1.24 bits per heavy atom. The fraction of sp³-hybridized carbons (Fsp3) is 0.357. The van der Waals surface area contributed by atoms with Crippen molar-refractivity contribution in [3.8, 4) is 0 Å². The van der Waals surface area contributed by atoms with Crippen molar-refractivity contribution < 1.29 is 0 Å². The van der Waals surface area contributed by atoms with E-state index in [0.717, 1.165) is 22.7 Å². The van der Waals surface area contributed by atoms with Gasteiger partial charge in [0.25, 0.3) is 0 Å². The molecule has 1 aromatic heterocycles. The average molecular weight is 246 g/mol. The van der Waals surface area contributed by atoms with Gasteiger partial charge in [-0.3, -0.25) is 0 Å². The van der Waals surface area contributed by atoms with Crippen molar-refractivity contribution in [3.63, 3.8) is 0 Å². The van der Waals surface area contributed by atoms with E-state index in [-0.39, 0.29) is 5.54 Å². The Bertz CT molecular complexity index is 481. The molecule has 1 unspecified atom stereocenters. The molecule has 0 fully saturated rings. The van der Waals surface area contributed by atoms with Crippen molar-refractivity contribution in [1.82, 2.24) is 4.98 Å². The topological polar surface area (TPSA) is 38.9 Å². The number of rotatable bonds is 3. The monoisotopic (exact) mass is 246 g/mol. The van der Waals surface area contributed by atoms with Crippen LogP contribution in [0.1, 0.15) is 28.1 Å². The van der Waals surface area contributed by atoms with Gasteiger partial charge in [-0.05, 0) is 26.3 Å².